The van der Waals surface area contributed by atoms with Crippen molar-refractivity contribution in [2.24, 2.45) is 4.99 Å². The monoisotopic (exact) mass is 293 g/mol. The molecule has 7 heteroatoms. The first-order chi connectivity index (χ1) is 9.65. The first-order valence-electron chi connectivity index (χ1n) is 6.22. The number of nitrogens with one attached hydrogen (secondary N) is 1. The minimum absolute atomic E-state index is 0.140. The molecule has 2 amide bonds. The number of amidine groups is 1. The Morgan fingerprint density at radius 2 is 2.05 bits per heavy atom. The average molecular weight is 293 g/mol. The Labute approximate surface area is 119 Å². The van der Waals surface area contributed by atoms with Crippen molar-refractivity contribution in [3.05, 3.63) is 30.1 Å². The molecule has 1 fully saturated rings. The first kappa shape index (κ1) is 13.1. The van der Waals surface area contributed by atoms with Gasteiger partial charge in [0.2, 0.25) is 11.8 Å². The summed E-state index contributed by atoms with van der Waals surface area (Å²) in [4.78, 5) is 29.6. The molecule has 0 spiro atoms. The zero-order valence-corrected chi connectivity index (χ0v) is 11.3. The van der Waals surface area contributed by atoms with Crippen LogP contribution in [0, 0.1) is 5.82 Å². The second-order valence-electron chi connectivity index (χ2n) is 4.47. The summed E-state index contributed by atoms with van der Waals surface area (Å²) in [5.74, 6) is -0.941. The molecular weight excluding hydrogens is 281 g/mol. The summed E-state index contributed by atoms with van der Waals surface area (Å²) >= 11 is 1.28. The highest BCUT2D eigenvalue weighted by atomic mass is 32.2. The van der Waals surface area contributed by atoms with Gasteiger partial charge in [-0.15, -0.1) is 0 Å². The fraction of sp³-hybridized carbons (Fsp3) is 0.308. The van der Waals surface area contributed by atoms with Crippen LogP contribution in [0.5, 0.6) is 0 Å². The summed E-state index contributed by atoms with van der Waals surface area (Å²) in [6, 6.07) is 5.34. The van der Waals surface area contributed by atoms with Crippen LogP contribution in [-0.4, -0.2) is 35.3 Å². The van der Waals surface area contributed by atoms with Gasteiger partial charge in [-0.1, -0.05) is 11.8 Å². The molecule has 0 unspecified atom stereocenters. The van der Waals surface area contributed by atoms with E-state index >= 15 is 0 Å². The minimum atomic E-state index is -0.461. The summed E-state index contributed by atoms with van der Waals surface area (Å²) in [5, 5.41) is 3.31. The molecule has 2 aliphatic rings. The topological polar surface area (TPSA) is 61.8 Å². The van der Waals surface area contributed by atoms with E-state index in [-0.39, 0.29) is 18.2 Å². The number of aliphatic imine (C=N–C) groups is 1. The van der Waals surface area contributed by atoms with Gasteiger partial charge in [0.05, 0.1) is 12.2 Å². The third kappa shape index (κ3) is 2.40. The van der Waals surface area contributed by atoms with E-state index < -0.39 is 11.1 Å². The predicted molar refractivity (Wildman–Crippen MR) is 75.2 cm³/mol. The van der Waals surface area contributed by atoms with Crippen LogP contribution in [0.25, 0.3) is 0 Å². The third-order valence-electron chi connectivity index (χ3n) is 3.09. The lowest BCUT2D eigenvalue weighted by Gasteiger charge is -2.14. The standard InChI is InChI=1S/C13H12FN3O2S/c14-8-1-3-9(4-2-8)17-11(18)7-10(12(17)19)20-13-15-5-6-16-13/h1-4,10H,5-7H2,(H,15,16)/t10-/m0/s1. The van der Waals surface area contributed by atoms with Crippen molar-refractivity contribution < 1.29 is 14.0 Å². The zero-order chi connectivity index (χ0) is 14.1. The molecule has 1 aromatic rings. The van der Waals surface area contributed by atoms with Crippen molar-refractivity contribution in [2.75, 3.05) is 18.0 Å². The van der Waals surface area contributed by atoms with E-state index in [9.17, 15) is 14.0 Å². The van der Waals surface area contributed by atoms with Crippen LogP contribution in [0.15, 0.2) is 29.3 Å². The highest BCUT2D eigenvalue weighted by Gasteiger charge is 2.40. The molecule has 0 saturated carbocycles. The van der Waals surface area contributed by atoms with Crippen molar-refractivity contribution in [3.63, 3.8) is 0 Å². The number of halogens is 1. The normalized spacial score (nSPS) is 22.1. The number of imide groups is 1. The molecule has 20 heavy (non-hydrogen) atoms. The molecule has 1 atom stereocenters. The molecule has 0 radical (unpaired) electrons. The number of hydrogen-bond donors (Lipinski definition) is 1. The van der Waals surface area contributed by atoms with Crippen molar-refractivity contribution >= 4 is 34.4 Å². The van der Waals surface area contributed by atoms with E-state index in [0.717, 1.165) is 11.4 Å². The molecule has 1 aromatic carbocycles. The summed E-state index contributed by atoms with van der Waals surface area (Å²) < 4.78 is 12.9. The van der Waals surface area contributed by atoms with E-state index in [4.69, 9.17) is 0 Å². The SMILES string of the molecule is O=C1C[C@H](SC2=NCCN2)C(=O)N1c1ccc(F)cc1. The molecule has 0 bridgehead atoms. The maximum atomic E-state index is 12.9. The average Bonchev–Trinajstić information content (AvgIpc) is 3.02. The minimum Gasteiger partial charge on any atom is -0.363 e. The summed E-state index contributed by atoms with van der Waals surface area (Å²) in [7, 11) is 0. The van der Waals surface area contributed by atoms with Crippen molar-refractivity contribution in [3.8, 4) is 0 Å². The van der Waals surface area contributed by atoms with Gasteiger partial charge < -0.3 is 5.32 Å². The number of thioether (sulfide) groups is 1. The van der Waals surface area contributed by atoms with E-state index in [0.29, 0.717) is 17.4 Å². The second kappa shape index (κ2) is 5.24. The van der Waals surface area contributed by atoms with Crippen molar-refractivity contribution in [1.82, 2.24) is 5.32 Å². The Morgan fingerprint density at radius 3 is 2.70 bits per heavy atom. The maximum absolute atomic E-state index is 12.9. The third-order valence-corrected chi connectivity index (χ3v) is 4.24. The van der Waals surface area contributed by atoms with Gasteiger partial charge in [0.1, 0.15) is 11.1 Å². The van der Waals surface area contributed by atoms with E-state index in [1.165, 1.54) is 36.0 Å². The fourth-order valence-electron chi connectivity index (χ4n) is 2.15. The largest absolute Gasteiger partial charge is 0.363 e. The van der Waals surface area contributed by atoms with Gasteiger partial charge >= 0.3 is 0 Å². The van der Waals surface area contributed by atoms with Gasteiger partial charge in [0, 0.05) is 13.0 Å². The summed E-state index contributed by atoms with van der Waals surface area (Å²) in [5.41, 5.74) is 0.408. The van der Waals surface area contributed by atoms with Gasteiger partial charge in [-0.3, -0.25) is 14.6 Å². The van der Waals surface area contributed by atoms with Crippen LogP contribution in [0.3, 0.4) is 0 Å². The number of carbonyl (C=O) groups excluding carboxylic acids is 2. The van der Waals surface area contributed by atoms with Gasteiger partial charge in [-0.25, -0.2) is 9.29 Å². The molecular formula is C13H12FN3O2S. The number of benzene rings is 1. The lowest BCUT2D eigenvalue weighted by Crippen LogP contribution is -2.32. The Morgan fingerprint density at radius 1 is 1.30 bits per heavy atom. The number of hydrogen-bond acceptors (Lipinski definition) is 5. The zero-order valence-electron chi connectivity index (χ0n) is 10.5. The predicted octanol–water partition coefficient (Wildman–Crippen LogP) is 1.15. The van der Waals surface area contributed by atoms with Crippen LogP contribution in [0.1, 0.15) is 6.42 Å². The molecule has 2 aliphatic heterocycles. The van der Waals surface area contributed by atoms with Gasteiger partial charge in [-0.2, -0.15) is 0 Å². The Hall–Kier alpha value is -1.89. The van der Waals surface area contributed by atoms with Crippen LogP contribution in [0.4, 0.5) is 10.1 Å². The fourth-order valence-corrected chi connectivity index (χ4v) is 3.20. The highest BCUT2D eigenvalue weighted by Crippen LogP contribution is 2.30. The number of amides is 2. The molecule has 5 nitrogen and oxygen atoms in total. The number of carbonyl (C=O) groups is 2. The summed E-state index contributed by atoms with van der Waals surface area (Å²) in [6.45, 7) is 1.46. The Bertz CT molecular complexity index is 588. The van der Waals surface area contributed by atoms with Gasteiger partial charge in [0.15, 0.2) is 5.17 Å². The quantitative estimate of drug-likeness (QED) is 0.831. The molecule has 3 rings (SSSR count). The van der Waals surface area contributed by atoms with Crippen molar-refractivity contribution in [2.45, 2.75) is 11.7 Å². The Balaban J connectivity index is 1.77. The second-order valence-corrected chi connectivity index (χ2v) is 5.66. The van der Waals surface area contributed by atoms with E-state index in [1.54, 1.807) is 0 Å². The van der Waals surface area contributed by atoms with E-state index in [1.807, 2.05) is 0 Å². The number of anilines is 1. The Kier molecular flexibility index (Phi) is 3.43. The lowest BCUT2D eigenvalue weighted by atomic mass is 10.3. The van der Waals surface area contributed by atoms with Crippen LogP contribution in [0.2, 0.25) is 0 Å². The number of rotatable bonds is 2. The molecule has 0 aliphatic carbocycles. The smallest absolute Gasteiger partial charge is 0.247 e. The molecule has 1 saturated heterocycles. The van der Waals surface area contributed by atoms with Crippen LogP contribution >= 0.6 is 11.8 Å². The highest BCUT2D eigenvalue weighted by molar-refractivity contribution is 8.15. The van der Waals surface area contributed by atoms with Crippen LogP contribution < -0.4 is 10.2 Å². The molecule has 2 heterocycles. The molecule has 104 valence electrons. The van der Waals surface area contributed by atoms with Gasteiger partial charge in [-0.05, 0) is 24.3 Å². The van der Waals surface area contributed by atoms with E-state index in [2.05, 4.69) is 10.3 Å². The molecule has 0 aromatic heterocycles. The molecule has 1 N–H and O–H groups in total. The number of nitrogens with zero attached hydrogens (tertiary/aromatic N) is 2. The van der Waals surface area contributed by atoms with Crippen LogP contribution in [-0.2, 0) is 9.59 Å². The van der Waals surface area contributed by atoms with Crippen molar-refractivity contribution in [1.29, 1.82) is 0 Å². The lowest BCUT2D eigenvalue weighted by molar-refractivity contribution is -0.121. The van der Waals surface area contributed by atoms with Gasteiger partial charge in [0.25, 0.3) is 0 Å². The summed E-state index contributed by atoms with van der Waals surface area (Å²) in [6.07, 6.45) is 0.140. The maximum Gasteiger partial charge on any atom is 0.247 e. The first-order valence-corrected chi connectivity index (χ1v) is 7.10.